The molecule has 8 heteroatoms. The summed E-state index contributed by atoms with van der Waals surface area (Å²) in [7, 11) is 1.16. The van der Waals surface area contributed by atoms with E-state index >= 15 is 0 Å². The van der Waals surface area contributed by atoms with Gasteiger partial charge in [0.15, 0.2) is 5.54 Å². The Morgan fingerprint density at radius 3 is 2.61 bits per heavy atom. The number of hydrogen-bond acceptors (Lipinski definition) is 4. The van der Waals surface area contributed by atoms with Gasteiger partial charge in [-0.3, -0.25) is 14.9 Å². The summed E-state index contributed by atoms with van der Waals surface area (Å²) in [5.74, 6) is -7.25. The molecule has 2 saturated carbocycles. The maximum Gasteiger partial charge on any atom is 0.322 e. The van der Waals surface area contributed by atoms with Crippen LogP contribution in [0.4, 0.5) is 13.6 Å². The van der Waals surface area contributed by atoms with Crippen LogP contribution in [0.5, 0.6) is 0 Å². The zero-order chi connectivity index (χ0) is 13.3. The van der Waals surface area contributed by atoms with E-state index in [1.165, 1.54) is 0 Å². The molecule has 2 N–H and O–H groups in total. The minimum Gasteiger partial charge on any atom is -0.469 e. The number of carbonyl (C=O) groups is 3. The first kappa shape index (κ1) is 11.4. The molecule has 1 aliphatic heterocycles. The van der Waals surface area contributed by atoms with Crippen LogP contribution >= 0.6 is 0 Å². The molecule has 0 aromatic heterocycles. The summed E-state index contributed by atoms with van der Waals surface area (Å²) in [6.07, 6.45) is -0.592. The van der Waals surface area contributed by atoms with Crippen molar-refractivity contribution < 1.29 is 27.9 Å². The number of imide groups is 1. The van der Waals surface area contributed by atoms with Crippen molar-refractivity contribution in [2.75, 3.05) is 7.11 Å². The molecule has 6 nitrogen and oxygen atoms in total. The molecular weight excluding hydrogens is 250 g/mol. The molecule has 98 valence electrons. The number of carbonyl (C=O) groups excluding carboxylic acids is 3. The monoisotopic (exact) mass is 260 g/mol. The van der Waals surface area contributed by atoms with Gasteiger partial charge < -0.3 is 10.1 Å². The Labute approximate surface area is 100 Å². The summed E-state index contributed by atoms with van der Waals surface area (Å²) in [5.41, 5.74) is -2.28. The number of nitrogens with one attached hydrogen (secondary N) is 2. The molecule has 1 heterocycles. The van der Waals surface area contributed by atoms with Crippen LogP contribution in [0.1, 0.15) is 6.42 Å². The van der Waals surface area contributed by atoms with Crippen LogP contribution in [-0.2, 0) is 14.3 Å². The Bertz CT molecular complexity index is 480. The third-order valence-corrected chi connectivity index (χ3v) is 4.11. The normalized spacial score (nSPS) is 43.4. The fraction of sp³-hybridized carbons (Fsp3) is 0.700. The predicted molar refractivity (Wildman–Crippen MR) is 51.5 cm³/mol. The maximum absolute atomic E-state index is 13.9. The highest BCUT2D eigenvalue weighted by Crippen LogP contribution is 2.68. The molecule has 0 bridgehead atoms. The zero-order valence-corrected chi connectivity index (χ0v) is 9.33. The second-order valence-corrected chi connectivity index (χ2v) is 4.86. The highest BCUT2D eigenvalue weighted by molar-refractivity contribution is 6.09. The van der Waals surface area contributed by atoms with Crippen molar-refractivity contribution in [3.63, 3.8) is 0 Å². The molecule has 3 aliphatic rings. The molecular formula is C10H10F2N2O4. The number of methoxy groups -OCH3 is 1. The molecule has 3 rings (SSSR count). The van der Waals surface area contributed by atoms with Gasteiger partial charge in [-0.05, 0) is 5.92 Å². The number of alkyl halides is 2. The van der Waals surface area contributed by atoms with Gasteiger partial charge in [0.05, 0.1) is 13.0 Å². The Balaban J connectivity index is 1.99. The van der Waals surface area contributed by atoms with E-state index in [0.29, 0.717) is 0 Å². The average molecular weight is 260 g/mol. The SMILES string of the molecule is COC(=O)C1C2CC(F)(F)C3(NC(=O)NC3=O)C21. The first-order valence-corrected chi connectivity index (χ1v) is 5.44. The highest BCUT2D eigenvalue weighted by Gasteiger charge is 2.84. The third kappa shape index (κ3) is 1.04. The molecule has 0 radical (unpaired) electrons. The molecule has 3 amide bonds. The number of ether oxygens (including phenoxy) is 1. The van der Waals surface area contributed by atoms with Gasteiger partial charge in [-0.15, -0.1) is 0 Å². The van der Waals surface area contributed by atoms with Crippen LogP contribution in [0.25, 0.3) is 0 Å². The van der Waals surface area contributed by atoms with Gasteiger partial charge in [-0.2, -0.15) is 0 Å². The average Bonchev–Trinajstić information content (AvgIpc) is 2.80. The van der Waals surface area contributed by atoms with Gasteiger partial charge in [0.2, 0.25) is 0 Å². The summed E-state index contributed by atoms with van der Waals surface area (Å²) in [6.45, 7) is 0. The molecule has 2 aliphatic carbocycles. The highest BCUT2D eigenvalue weighted by atomic mass is 19.3. The largest absolute Gasteiger partial charge is 0.469 e. The van der Waals surface area contributed by atoms with Crippen molar-refractivity contribution >= 4 is 17.9 Å². The molecule has 0 aromatic rings. The summed E-state index contributed by atoms with van der Waals surface area (Å²) < 4.78 is 32.4. The van der Waals surface area contributed by atoms with E-state index in [9.17, 15) is 23.2 Å². The molecule has 18 heavy (non-hydrogen) atoms. The van der Waals surface area contributed by atoms with Crippen molar-refractivity contribution in [1.29, 1.82) is 0 Å². The Morgan fingerprint density at radius 2 is 2.11 bits per heavy atom. The lowest BCUT2D eigenvalue weighted by atomic mass is 9.87. The standard InChI is InChI=1S/C10H10F2N2O4/c1-18-6(15)4-3-2-9(11,12)10(5(3)4)7(16)13-8(17)14-10/h3-5H,2H2,1H3,(H2,13,14,16,17). The van der Waals surface area contributed by atoms with Crippen LogP contribution in [0.15, 0.2) is 0 Å². The first-order valence-electron chi connectivity index (χ1n) is 5.44. The van der Waals surface area contributed by atoms with Crippen LogP contribution in [0.2, 0.25) is 0 Å². The van der Waals surface area contributed by atoms with E-state index < -0.39 is 53.5 Å². The lowest BCUT2D eigenvalue weighted by molar-refractivity contribution is -0.149. The van der Waals surface area contributed by atoms with Gasteiger partial charge in [0.25, 0.3) is 11.8 Å². The van der Waals surface area contributed by atoms with Crippen molar-refractivity contribution in [2.45, 2.75) is 17.9 Å². The zero-order valence-electron chi connectivity index (χ0n) is 9.33. The summed E-state index contributed by atoms with van der Waals surface area (Å²) >= 11 is 0. The first-order chi connectivity index (χ1) is 8.35. The van der Waals surface area contributed by atoms with Crippen LogP contribution in [0.3, 0.4) is 0 Å². The third-order valence-electron chi connectivity index (χ3n) is 4.11. The smallest absolute Gasteiger partial charge is 0.322 e. The molecule has 4 atom stereocenters. The van der Waals surface area contributed by atoms with E-state index in [1.54, 1.807) is 0 Å². The van der Waals surface area contributed by atoms with Crippen molar-refractivity contribution in [1.82, 2.24) is 10.6 Å². The number of rotatable bonds is 1. The number of amides is 3. The summed E-state index contributed by atoms with van der Waals surface area (Å²) in [5, 5.41) is 3.83. The van der Waals surface area contributed by atoms with Gasteiger partial charge >= 0.3 is 12.0 Å². The van der Waals surface area contributed by atoms with E-state index in [0.717, 1.165) is 7.11 Å². The summed E-state index contributed by atoms with van der Waals surface area (Å²) in [4.78, 5) is 34.2. The minimum atomic E-state index is -3.34. The molecule has 1 saturated heterocycles. The van der Waals surface area contributed by atoms with Crippen molar-refractivity contribution in [3.05, 3.63) is 0 Å². The van der Waals surface area contributed by atoms with Gasteiger partial charge in [0, 0.05) is 12.3 Å². The fourth-order valence-corrected chi connectivity index (χ4v) is 3.34. The number of esters is 1. The fourth-order valence-electron chi connectivity index (χ4n) is 3.34. The topological polar surface area (TPSA) is 84.5 Å². The lowest BCUT2D eigenvalue weighted by Crippen LogP contribution is -2.60. The second-order valence-electron chi connectivity index (χ2n) is 4.86. The number of urea groups is 1. The molecule has 4 unspecified atom stereocenters. The quantitative estimate of drug-likeness (QED) is 0.498. The Kier molecular flexibility index (Phi) is 1.89. The minimum absolute atomic E-state index is 0.592. The van der Waals surface area contributed by atoms with Crippen LogP contribution < -0.4 is 10.6 Å². The van der Waals surface area contributed by atoms with Crippen molar-refractivity contribution in [3.8, 4) is 0 Å². The number of fused-ring (bicyclic) bond motifs is 2. The Hall–Kier alpha value is -1.73. The summed E-state index contributed by atoms with van der Waals surface area (Å²) in [6, 6.07) is -0.948. The van der Waals surface area contributed by atoms with Crippen LogP contribution in [-0.4, -0.2) is 36.5 Å². The Morgan fingerprint density at radius 1 is 1.44 bits per heavy atom. The molecule has 0 aromatic carbocycles. The molecule has 1 spiro atoms. The lowest BCUT2D eigenvalue weighted by Gasteiger charge is -2.31. The van der Waals surface area contributed by atoms with Crippen molar-refractivity contribution in [2.24, 2.45) is 17.8 Å². The van der Waals surface area contributed by atoms with Gasteiger partial charge in [-0.25, -0.2) is 13.6 Å². The van der Waals surface area contributed by atoms with Gasteiger partial charge in [0.1, 0.15) is 0 Å². The van der Waals surface area contributed by atoms with E-state index in [2.05, 4.69) is 4.74 Å². The number of hydrogen-bond donors (Lipinski definition) is 2. The maximum atomic E-state index is 13.9. The number of halogens is 2. The van der Waals surface area contributed by atoms with Gasteiger partial charge in [-0.1, -0.05) is 0 Å². The predicted octanol–water partition coefficient (Wildman–Crippen LogP) is -0.361. The second kappa shape index (κ2) is 2.99. The van der Waals surface area contributed by atoms with Crippen LogP contribution in [0, 0.1) is 17.8 Å². The van der Waals surface area contributed by atoms with E-state index in [4.69, 9.17) is 0 Å². The van der Waals surface area contributed by atoms with E-state index in [1.807, 2.05) is 10.6 Å². The molecule has 3 fully saturated rings. The van der Waals surface area contributed by atoms with E-state index in [-0.39, 0.29) is 0 Å².